The molecule has 1 aliphatic rings. The maximum Gasteiger partial charge on any atom is 0.246 e. The van der Waals surface area contributed by atoms with Gasteiger partial charge in [-0.3, -0.25) is 4.79 Å². The molecule has 0 saturated heterocycles. The van der Waals surface area contributed by atoms with Crippen molar-refractivity contribution in [2.75, 3.05) is 5.32 Å². The number of hydrogen-bond donors (Lipinski definition) is 2. The zero-order valence-corrected chi connectivity index (χ0v) is 13.0. The first-order valence-corrected chi connectivity index (χ1v) is 8.15. The fourth-order valence-electron chi connectivity index (χ4n) is 2.58. The monoisotopic (exact) mass is 321 g/mol. The largest absolute Gasteiger partial charge is 0.317 e. The number of rotatable bonds is 3. The van der Waals surface area contributed by atoms with E-state index in [9.17, 15) is 4.79 Å². The maximum atomic E-state index is 12.3. The smallest absolute Gasteiger partial charge is 0.246 e. The quantitative estimate of drug-likeness (QED) is 0.906. The number of nitrogens with two attached hydrogens (primary N) is 1. The zero-order valence-electron chi connectivity index (χ0n) is 11.4. The summed E-state index contributed by atoms with van der Waals surface area (Å²) in [6.45, 7) is 0. The fourth-order valence-corrected chi connectivity index (χ4v) is 3.52. The van der Waals surface area contributed by atoms with Gasteiger partial charge in [-0.05, 0) is 18.9 Å². The molecular formula is C15H16ClN3OS. The van der Waals surface area contributed by atoms with Crippen molar-refractivity contribution in [3.63, 3.8) is 0 Å². The molecule has 6 heteroatoms. The summed E-state index contributed by atoms with van der Waals surface area (Å²) >= 11 is 7.54. The summed E-state index contributed by atoms with van der Waals surface area (Å²) in [4.78, 5) is 16.7. The van der Waals surface area contributed by atoms with Crippen LogP contribution in [0.4, 0.5) is 5.13 Å². The van der Waals surface area contributed by atoms with Gasteiger partial charge in [-0.1, -0.05) is 42.6 Å². The summed E-state index contributed by atoms with van der Waals surface area (Å²) < 4.78 is 0. The van der Waals surface area contributed by atoms with Gasteiger partial charge in [0, 0.05) is 16.0 Å². The molecule has 1 heterocycles. The minimum atomic E-state index is -0.740. The van der Waals surface area contributed by atoms with E-state index in [-0.39, 0.29) is 5.91 Å². The zero-order chi connectivity index (χ0) is 14.9. The molecule has 21 heavy (non-hydrogen) atoms. The number of amides is 1. The molecule has 0 spiro atoms. The molecule has 4 nitrogen and oxygen atoms in total. The van der Waals surface area contributed by atoms with Crippen molar-refractivity contribution in [1.82, 2.24) is 4.98 Å². The molecule has 0 radical (unpaired) electrons. The Morgan fingerprint density at radius 2 is 2.05 bits per heavy atom. The highest BCUT2D eigenvalue weighted by atomic mass is 35.5. The van der Waals surface area contributed by atoms with Gasteiger partial charge in [0.15, 0.2) is 5.13 Å². The molecule has 0 atom stereocenters. The Balaban J connectivity index is 1.77. The van der Waals surface area contributed by atoms with Gasteiger partial charge in [-0.2, -0.15) is 0 Å². The van der Waals surface area contributed by atoms with E-state index in [2.05, 4.69) is 10.3 Å². The molecule has 3 N–H and O–H groups in total. The standard InChI is InChI=1S/C15H16ClN3OS/c16-11-6-2-1-5-10(11)12-9-21-14(18-12)19-13(20)15(17)7-3-4-8-15/h1-2,5-6,9H,3-4,7-8,17H2,(H,18,19,20). The van der Waals surface area contributed by atoms with Gasteiger partial charge in [0.25, 0.3) is 0 Å². The Labute approximate surface area is 132 Å². The minimum Gasteiger partial charge on any atom is -0.317 e. The van der Waals surface area contributed by atoms with Gasteiger partial charge in [-0.15, -0.1) is 11.3 Å². The molecule has 0 bridgehead atoms. The third kappa shape index (κ3) is 2.95. The molecule has 3 rings (SSSR count). The molecular weight excluding hydrogens is 306 g/mol. The molecule has 1 aromatic carbocycles. The molecule has 1 aliphatic carbocycles. The molecule has 1 amide bonds. The highest BCUT2D eigenvalue weighted by molar-refractivity contribution is 7.14. The summed E-state index contributed by atoms with van der Waals surface area (Å²) in [5, 5.41) is 5.92. The number of halogens is 1. The second kappa shape index (κ2) is 5.75. The van der Waals surface area contributed by atoms with Crippen LogP contribution in [0.2, 0.25) is 5.02 Å². The van der Waals surface area contributed by atoms with Crippen LogP contribution in [-0.2, 0) is 4.79 Å². The van der Waals surface area contributed by atoms with Gasteiger partial charge in [-0.25, -0.2) is 4.98 Å². The second-order valence-corrected chi connectivity index (χ2v) is 6.60. The van der Waals surface area contributed by atoms with Crippen molar-refractivity contribution < 1.29 is 4.79 Å². The van der Waals surface area contributed by atoms with E-state index >= 15 is 0 Å². The number of anilines is 1. The van der Waals surface area contributed by atoms with E-state index in [0.717, 1.165) is 36.9 Å². The first-order chi connectivity index (χ1) is 10.1. The molecule has 1 fully saturated rings. The van der Waals surface area contributed by atoms with Gasteiger partial charge in [0.05, 0.1) is 11.2 Å². The third-order valence-electron chi connectivity index (χ3n) is 3.82. The summed E-state index contributed by atoms with van der Waals surface area (Å²) in [5.74, 6) is -0.139. The highest BCUT2D eigenvalue weighted by Gasteiger charge is 2.37. The van der Waals surface area contributed by atoms with Crippen molar-refractivity contribution in [3.05, 3.63) is 34.7 Å². The predicted molar refractivity (Wildman–Crippen MR) is 86.6 cm³/mol. The van der Waals surface area contributed by atoms with Gasteiger partial charge < -0.3 is 11.1 Å². The lowest BCUT2D eigenvalue weighted by molar-refractivity contribution is -0.121. The Morgan fingerprint density at radius 3 is 2.76 bits per heavy atom. The average molecular weight is 322 g/mol. The van der Waals surface area contributed by atoms with E-state index in [1.54, 1.807) is 0 Å². The highest BCUT2D eigenvalue weighted by Crippen LogP contribution is 2.32. The van der Waals surface area contributed by atoms with Gasteiger partial charge >= 0.3 is 0 Å². The predicted octanol–water partition coefficient (Wildman–Crippen LogP) is 3.67. The molecule has 0 unspecified atom stereocenters. The van der Waals surface area contributed by atoms with Crippen LogP contribution in [0.15, 0.2) is 29.6 Å². The van der Waals surface area contributed by atoms with E-state index < -0.39 is 5.54 Å². The van der Waals surface area contributed by atoms with Crippen LogP contribution < -0.4 is 11.1 Å². The molecule has 1 aromatic heterocycles. The van der Waals surface area contributed by atoms with Crippen LogP contribution in [0.3, 0.4) is 0 Å². The molecule has 2 aromatic rings. The lowest BCUT2D eigenvalue weighted by Gasteiger charge is -2.21. The maximum absolute atomic E-state index is 12.3. The van der Waals surface area contributed by atoms with Crippen molar-refractivity contribution >= 4 is 34.0 Å². The number of aromatic nitrogens is 1. The van der Waals surface area contributed by atoms with Crippen molar-refractivity contribution in [3.8, 4) is 11.3 Å². The van der Waals surface area contributed by atoms with Crippen LogP contribution >= 0.6 is 22.9 Å². The van der Waals surface area contributed by atoms with Crippen LogP contribution in [-0.4, -0.2) is 16.4 Å². The SMILES string of the molecule is NC1(C(=O)Nc2nc(-c3ccccc3Cl)cs2)CCCC1. The van der Waals surface area contributed by atoms with E-state index in [1.165, 1.54) is 11.3 Å². The average Bonchev–Trinajstić information content (AvgIpc) is 3.09. The summed E-state index contributed by atoms with van der Waals surface area (Å²) in [5.41, 5.74) is 7.02. The lowest BCUT2D eigenvalue weighted by atomic mass is 9.98. The second-order valence-electron chi connectivity index (χ2n) is 5.34. The van der Waals surface area contributed by atoms with Crippen LogP contribution in [0.5, 0.6) is 0 Å². The fraction of sp³-hybridized carbons (Fsp3) is 0.333. The van der Waals surface area contributed by atoms with Crippen LogP contribution in [0, 0.1) is 0 Å². The lowest BCUT2D eigenvalue weighted by Crippen LogP contribution is -2.48. The first kappa shape index (κ1) is 14.5. The number of carbonyl (C=O) groups excluding carboxylic acids is 1. The Morgan fingerprint density at radius 1 is 1.33 bits per heavy atom. The Bertz CT molecular complexity index is 664. The van der Waals surface area contributed by atoms with Crippen molar-refractivity contribution in [1.29, 1.82) is 0 Å². The van der Waals surface area contributed by atoms with E-state index in [0.29, 0.717) is 10.2 Å². The minimum absolute atomic E-state index is 0.139. The van der Waals surface area contributed by atoms with E-state index in [1.807, 2.05) is 29.6 Å². The van der Waals surface area contributed by atoms with Crippen LogP contribution in [0.25, 0.3) is 11.3 Å². The van der Waals surface area contributed by atoms with Crippen molar-refractivity contribution in [2.24, 2.45) is 5.73 Å². The Hall–Kier alpha value is -1.43. The normalized spacial score (nSPS) is 16.9. The molecule has 1 saturated carbocycles. The number of nitrogens with one attached hydrogen (secondary N) is 1. The molecule has 0 aliphatic heterocycles. The number of thiazole rings is 1. The van der Waals surface area contributed by atoms with E-state index in [4.69, 9.17) is 17.3 Å². The summed E-state index contributed by atoms with van der Waals surface area (Å²) in [6, 6.07) is 7.51. The van der Waals surface area contributed by atoms with Gasteiger partial charge in [0.2, 0.25) is 5.91 Å². The first-order valence-electron chi connectivity index (χ1n) is 6.89. The summed E-state index contributed by atoms with van der Waals surface area (Å²) in [7, 11) is 0. The number of hydrogen-bond acceptors (Lipinski definition) is 4. The van der Waals surface area contributed by atoms with Crippen molar-refractivity contribution in [2.45, 2.75) is 31.2 Å². The third-order valence-corrected chi connectivity index (χ3v) is 4.91. The molecule has 110 valence electrons. The van der Waals surface area contributed by atoms with Crippen LogP contribution in [0.1, 0.15) is 25.7 Å². The number of nitrogens with zero attached hydrogens (tertiary/aromatic N) is 1. The topological polar surface area (TPSA) is 68.0 Å². The summed E-state index contributed by atoms with van der Waals surface area (Å²) in [6.07, 6.45) is 3.49. The Kier molecular flexibility index (Phi) is 3.97. The van der Waals surface area contributed by atoms with Gasteiger partial charge in [0.1, 0.15) is 0 Å². The number of benzene rings is 1. The number of carbonyl (C=O) groups is 1.